The number of nitrogens with one attached hydrogen (secondary N) is 1. The van der Waals surface area contributed by atoms with Crippen molar-refractivity contribution in [1.82, 2.24) is 10.2 Å². The average molecular weight is 322 g/mol. The Morgan fingerprint density at radius 2 is 2.05 bits per heavy atom. The summed E-state index contributed by atoms with van der Waals surface area (Å²) in [5, 5.41) is 13.1. The molecule has 0 spiro atoms. The van der Waals surface area contributed by atoms with Crippen molar-refractivity contribution in [3.8, 4) is 0 Å². The van der Waals surface area contributed by atoms with E-state index in [-0.39, 0.29) is 5.91 Å². The smallest absolute Gasteiger partial charge is 0.236 e. The molecule has 0 atom stereocenters. The lowest BCUT2D eigenvalue weighted by Crippen LogP contribution is -2.28. The van der Waals surface area contributed by atoms with Crippen LogP contribution in [0.1, 0.15) is 43.2 Å². The highest BCUT2D eigenvalue weighted by Gasteiger charge is 2.52. The second kappa shape index (κ2) is 5.39. The van der Waals surface area contributed by atoms with Gasteiger partial charge in [-0.1, -0.05) is 55.0 Å². The molecule has 21 heavy (non-hydrogen) atoms. The first-order chi connectivity index (χ1) is 10.0. The Balaban J connectivity index is 1.80. The van der Waals surface area contributed by atoms with Gasteiger partial charge in [-0.3, -0.25) is 10.1 Å². The lowest BCUT2D eigenvalue weighted by Gasteiger charge is -2.15. The maximum atomic E-state index is 12.6. The summed E-state index contributed by atoms with van der Waals surface area (Å²) in [5.41, 5.74) is 0.403. The number of hydrogen-bond acceptors (Lipinski definition) is 4. The fourth-order valence-electron chi connectivity index (χ4n) is 2.33. The normalized spacial score (nSPS) is 16.0. The quantitative estimate of drug-likeness (QED) is 0.926. The molecule has 4 nitrogen and oxygen atoms in total. The summed E-state index contributed by atoms with van der Waals surface area (Å²) in [6.45, 7) is 4.11. The van der Waals surface area contributed by atoms with Gasteiger partial charge in [0, 0.05) is 10.9 Å². The molecule has 3 rings (SSSR count). The van der Waals surface area contributed by atoms with E-state index in [0.717, 1.165) is 23.4 Å². The number of nitrogens with zero attached hydrogens (tertiary/aromatic N) is 2. The van der Waals surface area contributed by atoms with Gasteiger partial charge in [-0.25, -0.2) is 0 Å². The van der Waals surface area contributed by atoms with E-state index in [1.807, 2.05) is 24.3 Å². The van der Waals surface area contributed by atoms with Crippen molar-refractivity contribution in [1.29, 1.82) is 0 Å². The van der Waals surface area contributed by atoms with Gasteiger partial charge < -0.3 is 0 Å². The predicted molar refractivity (Wildman–Crippen MR) is 85.0 cm³/mol. The highest BCUT2D eigenvalue weighted by Crippen LogP contribution is 2.51. The Labute approximate surface area is 132 Å². The van der Waals surface area contributed by atoms with Crippen molar-refractivity contribution in [2.45, 2.75) is 38.0 Å². The third-order valence-electron chi connectivity index (χ3n) is 3.73. The number of anilines is 1. The van der Waals surface area contributed by atoms with E-state index < -0.39 is 5.41 Å². The van der Waals surface area contributed by atoms with E-state index >= 15 is 0 Å². The van der Waals surface area contributed by atoms with Crippen LogP contribution in [0.4, 0.5) is 5.13 Å². The fraction of sp³-hybridized carbons (Fsp3) is 0.400. The molecule has 0 radical (unpaired) electrons. The topological polar surface area (TPSA) is 54.9 Å². The number of rotatable bonds is 4. The Bertz CT molecular complexity index is 679. The molecule has 2 aromatic rings. The van der Waals surface area contributed by atoms with Crippen LogP contribution >= 0.6 is 22.9 Å². The summed E-state index contributed by atoms with van der Waals surface area (Å²) in [4.78, 5) is 12.6. The van der Waals surface area contributed by atoms with Gasteiger partial charge in [-0.2, -0.15) is 0 Å². The van der Waals surface area contributed by atoms with Gasteiger partial charge in [-0.05, 0) is 24.5 Å². The van der Waals surface area contributed by atoms with Gasteiger partial charge in [0.1, 0.15) is 5.01 Å². The lowest BCUT2D eigenvalue weighted by molar-refractivity contribution is -0.118. The number of amides is 1. The summed E-state index contributed by atoms with van der Waals surface area (Å²) in [6, 6.07) is 7.54. The van der Waals surface area contributed by atoms with Crippen LogP contribution in [0, 0.1) is 0 Å². The molecular weight excluding hydrogens is 306 g/mol. The van der Waals surface area contributed by atoms with Crippen molar-refractivity contribution in [3.05, 3.63) is 39.9 Å². The molecule has 0 aliphatic heterocycles. The number of carbonyl (C=O) groups is 1. The molecule has 1 aromatic heterocycles. The van der Waals surface area contributed by atoms with Crippen LogP contribution < -0.4 is 5.32 Å². The second-order valence-corrected chi connectivity index (χ2v) is 7.03. The Morgan fingerprint density at radius 1 is 1.33 bits per heavy atom. The van der Waals surface area contributed by atoms with Crippen molar-refractivity contribution in [2.24, 2.45) is 0 Å². The first-order valence-corrected chi connectivity index (χ1v) is 8.12. The molecule has 0 saturated heterocycles. The highest BCUT2D eigenvalue weighted by atomic mass is 35.5. The lowest BCUT2D eigenvalue weighted by atomic mass is 9.95. The number of benzene rings is 1. The summed E-state index contributed by atoms with van der Waals surface area (Å²) < 4.78 is 0. The van der Waals surface area contributed by atoms with Crippen molar-refractivity contribution in [2.75, 3.05) is 5.32 Å². The van der Waals surface area contributed by atoms with Crippen molar-refractivity contribution in [3.63, 3.8) is 0 Å². The van der Waals surface area contributed by atoms with E-state index in [9.17, 15) is 4.79 Å². The maximum Gasteiger partial charge on any atom is 0.236 e. The molecule has 1 aliphatic carbocycles. The largest absolute Gasteiger partial charge is 0.300 e. The zero-order valence-electron chi connectivity index (χ0n) is 11.9. The Hall–Kier alpha value is -1.46. The Morgan fingerprint density at radius 3 is 2.62 bits per heavy atom. The molecule has 1 fully saturated rings. The van der Waals surface area contributed by atoms with Gasteiger partial charge in [-0.15, -0.1) is 10.2 Å². The first-order valence-electron chi connectivity index (χ1n) is 6.93. The van der Waals surface area contributed by atoms with Crippen LogP contribution in [0.25, 0.3) is 0 Å². The Kier molecular flexibility index (Phi) is 3.71. The highest BCUT2D eigenvalue weighted by molar-refractivity contribution is 7.15. The number of halogens is 1. The molecule has 1 saturated carbocycles. The minimum Gasteiger partial charge on any atom is -0.300 e. The van der Waals surface area contributed by atoms with Gasteiger partial charge >= 0.3 is 0 Å². The van der Waals surface area contributed by atoms with E-state index in [4.69, 9.17) is 11.6 Å². The van der Waals surface area contributed by atoms with Crippen LogP contribution in [0.15, 0.2) is 24.3 Å². The van der Waals surface area contributed by atoms with E-state index in [0.29, 0.717) is 16.1 Å². The summed E-state index contributed by atoms with van der Waals surface area (Å²) in [5.74, 6) is 0.272. The van der Waals surface area contributed by atoms with Gasteiger partial charge in [0.05, 0.1) is 5.41 Å². The zero-order chi connectivity index (χ0) is 15.0. The van der Waals surface area contributed by atoms with Crippen LogP contribution in [-0.4, -0.2) is 16.1 Å². The molecule has 1 aliphatic rings. The van der Waals surface area contributed by atoms with Crippen LogP contribution in [0.3, 0.4) is 0 Å². The summed E-state index contributed by atoms with van der Waals surface area (Å²) in [7, 11) is 0. The number of aromatic nitrogens is 2. The standard InChI is InChI=1S/C15H16ClN3OS/c1-9(2)12-18-19-14(21-12)17-13(20)15(7-8-15)10-5-3-4-6-11(10)16/h3-6,9H,7-8H2,1-2H3,(H,17,19,20). The number of carbonyl (C=O) groups excluding carboxylic acids is 1. The van der Waals surface area contributed by atoms with Gasteiger partial charge in [0.25, 0.3) is 0 Å². The molecular formula is C15H16ClN3OS. The minimum absolute atomic E-state index is 0.0398. The zero-order valence-corrected chi connectivity index (χ0v) is 13.5. The molecule has 0 unspecified atom stereocenters. The van der Waals surface area contributed by atoms with Crippen molar-refractivity contribution >= 4 is 34.0 Å². The third-order valence-corrected chi connectivity index (χ3v) is 5.20. The minimum atomic E-state index is -0.498. The van der Waals surface area contributed by atoms with E-state index in [1.165, 1.54) is 11.3 Å². The van der Waals surface area contributed by atoms with Crippen LogP contribution in [-0.2, 0) is 10.2 Å². The SMILES string of the molecule is CC(C)c1nnc(NC(=O)C2(c3ccccc3Cl)CC2)s1. The third kappa shape index (κ3) is 2.68. The van der Waals surface area contributed by atoms with Gasteiger partial charge in [0.2, 0.25) is 11.0 Å². The van der Waals surface area contributed by atoms with Crippen molar-refractivity contribution < 1.29 is 4.79 Å². The summed E-state index contributed by atoms with van der Waals surface area (Å²) in [6.07, 6.45) is 1.64. The molecule has 6 heteroatoms. The molecule has 0 bridgehead atoms. The molecule has 110 valence electrons. The van der Waals surface area contributed by atoms with Gasteiger partial charge in [0.15, 0.2) is 0 Å². The molecule has 1 heterocycles. The fourth-order valence-corrected chi connectivity index (χ4v) is 3.39. The molecule has 1 amide bonds. The second-order valence-electron chi connectivity index (χ2n) is 5.62. The number of hydrogen-bond donors (Lipinski definition) is 1. The van der Waals surface area contributed by atoms with E-state index in [1.54, 1.807) is 0 Å². The van der Waals surface area contributed by atoms with E-state index in [2.05, 4.69) is 29.4 Å². The van der Waals surface area contributed by atoms with Crippen LogP contribution in [0.5, 0.6) is 0 Å². The molecule has 1 aromatic carbocycles. The predicted octanol–water partition coefficient (Wildman–Crippen LogP) is 3.99. The molecule has 1 N–H and O–H groups in total. The first kappa shape index (κ1) is 14.5. The van der Waals surface area contributed by atoms with Crippen LogP contribution in [0.2, 0.25) is 5.02 Å². The average Bonchev–Trinajstić information content (AvgIpc) is 3.12. The maximum absolute atomic E-state index is 12.6. The monoisotopic (exact) mass is 321 g/mol. The summed E-state index contributed by atoms with van der Waals surface area (Å²) >= 11 is 7.66.